The Morgan fingerprint density at radius 1 is 1.05 bits per heavy atom. The Labute approximate surface area is 230 Å². The third-order valence-electron chi connectivity index (χ3n) is 10.4. The molecule has 2 bridgehead atoms. The highest BCUT2D eigenvalue weighted by atomic mass is 16.2. The first kappa shape index (κ1) is 25.1. The van der Waals surface area contributed by atoms with Crippen molar-refractivity contribution in [3.8, 4) is 0 Å². The summed E-state index contributed by atoms with van der Waals surface area (Å²) in [5.74, 6) is 0.295. The van der Waals surface area contributed by atoms with Crippen LogP contribution in [0.25, 0.3) is 11.0 Å². The van der Waals surface area contributed by atoms with Crippen LogP contribution >= 0.6 is 0 Å². The van der Waals surface area contributed by atoms with Gasteiger partial charge in [-0.05, 0) is 76.7 Å². The van der Waals surface area contributed by atoms with Crippen molar-refractivity contribution in [1.82, 2.24) is 34.8 Å². The lowest BCUT2D eigenvalue weighted by Gasteiger charge is -2.54. The van der Waals surface area contributed by atoms with Gasteiger partial charge in [0.15, 0.2) is 5.65 Å². The van der Waals surface area contributed by atoms with Crippen LogP contribution in [0.2, 0.25) is 0 Å². The van der Waals surface area contributed by atoms with Crippen molar-refractivity contribution in [2.45, 2.75) is 90.3 Å². The quantitative estimate of drug-likeness (QED) is 0.524. The maximum Gasteiger partial charge on any atom is 0.236 e. The highest BCUT2D eigenvalue weighted by molar-refractivity contribution is 5.89. The molecule has 0 radical (unpaired) electrons. The van der Waals surface area contributed by atoms with E-state index in [1.165, 1.54) is 61.2 Å². The fraction of sp³-hybridized carbons (Fsp3) is 0.667. The first-order valence-corrected chi connectivity index (χ1v) is 15.0. The van der Waals surface area contributed by atoms with E-state index in [1.807, 2.05) is 22.8 Å². The second-order valence-electron chi connectivity index (χ2n) is 12.8. The zero-order valence-electron chi connectivity index (χ0n) is 23.8. The number of nitrogens with one attached hydrogen (secondary N) is 1. The van der Waals surface area contributed by atoms with Crippen LogP contribution in [0, 0.1) is 19.3 Å². The Morgan fingerprint density at radius 2 is 1.79 bits per heavy atom. The molecular weight excluding hydrogens is 488 g/mol. The van der Waals surface area contributed by atoms with E-state index in [4.69, 9.17) is 10.1 Å². The summed E-state index contributed by atoms with van der Waals surface area (Å²) in [5, 5.41) is 14.5. The zero-order valence-corrected chi connectivity index (χ0v) is 23.8. The Balaban J connectivity index is 1.04. The number of rotatable bonds is 6. The predicted molar refractivity (Wildman–Crippen MR) is 152 cm³/mol. The number of hydrogen-bond donors (Lipinski definition) is 1. The van der Waals surface area contributed by atoms with Gasteiger partial charge in [0, 0.05) is 68.7 Å². The summed E-state index contributed by atoms with van der Waals surface area (Å²) >= 11 is 0. The third kappa shape index (κ3) is 4.33. The molecule has 1 saturated heterocycles. The SMILES string of the molecule is Cc1cc(N2CCc3c(c(C)nn3CC34CCC(NCC(=O)N5CCCC5)(CC3)CC4)C2)c2cnn(C)c2n1. The Hall–Kier alpha value is -2.94. The van der Waals surface area contributed by atoms with E-state index in [2.05, 4.69) is 39.9 Å². The third-order valence-corrected chi connectivity index (χ3v) is 10.4. The minimum absolute atomic E-state index is 0.164. The number of likely N-dealkylation sites (tertiary alicyclic amines) is 1. The summed E-state index contributed by atoms with van der Waals surface area (Å²) < 4.78 is 4.25. The van der Waals surface area contributed by atoms with E-state index >= 15 is 0 Å². The van der Waals surface area contributed by atoms with E-state index in [-0.39, 0.29) is 5.54 Å². The number of carbonyl (C=O) groups is 1. The number of pyridine rings is 1. The van der Waals surface area contributed by atoms with Crippen molar-refractivity contribution in [2.75, 3.05) is 31.1 Å². The standard InChI is InChI=1S/C30H42N8O/c1-21-16-26(23-17-32-35(3)28(23)33-21)37-15-6-25-24(19-37)22(2)34-38(25)20-29-7-10-30(11-8-29,12-9-29)31-18-27(39)36-13-4-5-14-36/h16-17,31H,4-15,18-20H2,1-3H3. The average Bonchev–Trinajstić information content (AvgIpc) is 3.69. The molecule has 4 fully saturated rings. The van der Waals surface area contributed by atoms with Crippen molar-refractivity contribution in [3.05, 3.63) is 34.9 Å². The van der Waals surface area contributed by atoms with Crippen LogP contribution in [-0.2, 0) is 31.4 Å². The first-order valence-electron chi connectivity index (χ1n) is 15.0. The van der Waals surface area contributed by atoms with Gasteiger partial charge in [0.25, 0.3) is 0 Å². The second-order valence-corrected chi connectivity index (χ2v) is 12.8. The van der Waals surface area contributed by atoms with Gasteiger partial charge in [-0.3, -0.25) is 14.2 Å². The van der Waals surface area contributed by atoms with Gasteiger partial charge in [0.1, 0.15) is 0 Å². The summed E-state index contributed by atoms with van der Waals surface area (Å²) in [5.41, 5.74) is 7.71. The van der Waals surface area contributed by atoms with Crippen molar-refractivity contribution < 1.29 is 4.79 Å². The molecule has 8 rings (SSSR count). The molecule has 5 heterocycles. The number of fused-ring (bicyclic) bond motifs is 5. The number of carbonyl (C=O) groups excluding carboxylic acids is 1. The Morgan fingerprint density at radius 3 is 2.54 bits per heavy atom. The molecule has 1 amide bonds. The lowest BCUT2D eigenvalue weighted by molar-refractivity contribution is -0.130. The number of nitrogens with zero attached hydrogens (tertiary/aromatic N) is 7. The molecule has 3 aliphatic carbocycles. The minimum atomic E-state index is 0.164. The number of hydrogen-bond acceptors (Lipinski definition) is 6. The van der Waals surface area contributed by atoms with E-state index in [1.54, 1.807) is 0 Å². The average molecular weight is 531 g/mol. The monoisotopic (exact) mass is 530 g/mol. The summed E-state index contributed by atoms with van der Waals surface area (Å²) in [7, 11) is 1.96. The van der Waals surface area contributed by atoms with Crippen LogP contribution in [0.5, 0.6) is 0 Å². The van der Waals surface area contributed by atoms with E-state index in [0.717, 1.165) is 68.7 Å². The fourth-order valence-electron chi connectivity index (χ4n) is 7.90. The molecular formula is C30H42N8O. The smallest absolute Gasteiger partial charge is 0.236 e. The number of aryl methyl sites for hydroxylation is 3. The molecule has 39 heavy (non-hydrogen) atoms. The van der Waals surface area contributed by atoms with Gasteiger partial charge in [-0.2, -0.15) is 10.2 Å². The molecule has 2 aliphatic heterocycles. The number of anilines is 1. The molecule has 9 nitrogen and oxygen atoms in total. The molecule has 3 saturated carbocycles. The molecule has 1 N–H and O–H groups in total. The van der Waals surface area contributed by atoms with Crippen LogP contribution in [-0.4, -0.2) is 67.1 Å². The van der Waals surface area contributed by atoms with Crippen molar-refractivity contribution >= 4 is 22.6 Å². The molecule has 0 spiro atoms. The Kier molecular flexibility index (Phi) is 5.99. The molecule has 208 valence electrons. The maximum absolute atomic E-state index is 12.6. The lowest BCUT2D eigenvalue weighted by atomic mass is 9.57. The van der Waals surface area contributed by atoms with Gasteiger partial charge in [-0.25, -0.2) is 4.98 Å². The highest BCUT2D eigenvalue weighted by Crippen LogP contribution is 2.53. The molecule has 5 aliphatic rings. The van der Waals surface area contributed by atoms with Crippen LogP contribution < -0.4 is 10.2 Å². The molecule has 0 atom stereocenters. The summed E-state index contributed by atoms with van der Waals surface area (Å²) in [6.07, 6.45) is 12.5. The van der Waals surface area contributed by atoms with Crippen molar-refractivity contribution in [3.63, 3.8) is 0 Å². The largest absolute Gasteiger partial charge is 0.366 e. The van der Waals surface area contributed by atoms with Gasteiger partial charge >= 0.3 is 0 Å². The molecule has 3 aromatic rings. The molecule has 0 aromatic carbocycles. The predicted octanol–water partition coefficient (Wildman–Crippen LogP) is 3.65. The highest BCUT2D eigenvalue weighted by Gasteiger charge is 2.49. The minimum Gasteiger partial charge on any atom is -0.366 e. The van der Waals surface area contributed by atoms with Crippen molar-refractivity contribution in [1.29, 1.82) is 0 Å². The normalized spacial score (nSPS) is 26.5. The van der Waals surface area contributed by atoms with Crippen LogP contribution in [0.1, 0.15) is 74.0 Å². The van der Waals surface area contributed by atoms with Crippen LogP contribution in [0.4, 0.5) is 5.69 Å². The van der Waals surface area contributed by atoms with Crippen molar-refractivity contribution in [2.24, 2.45) is 12.5 Å². The number of aromatic nitrogens is 5. The van der Waals surface area contributed by atoms with Gasteiger partial charge in [-0.1, -0.05) is 0 Å². The van der Waals surface area contributed by atoms with E-state index < -0.39 is 0 Å². The van der Waals surface area contributed by atoms with E-state index in [9.17, 15) is 4.79 Å². The summed E-state index contributed by atoms with van der Waals surface area (Å²) in [4.78, 5) is 21.9. The van der Waals surface area contributed by atoms with Gasteiger partial charge in [0.2, 0.25) is 5.91 Å². The van der Waals surface area contributed by atoms with Gasteiger partial charge in [0.05, 0.1) is 29.5 Å². The summed E-state index contributed by atoms with van der Waals surface area (Å²) in [6.45, 7) is 9.55. The van der Waals surface area contributed by atoms with Gasteiger partial charge < -0.3 is 15.1 Å². The zero-order chi connectivity index (χ0) is 26.8. The molecule has 3 aromatic heterocycles. The Bertz CT molecular complexity index is 1390. The lowest BCUT2D eigenvalue weighted by Crippen LogP contribution is -2.57. The summed E-state index contributed by atoms with van der Waals surface area (Å²) in [6, 6.07) is 2.21. The maximum atomic E-state index is 12.6. The van der Waals surface area contributed by atoms with Crippen LogP contribution in [0.3, 0.4) is 0 Å². The van der Waals surface area contributed by atoms with Gasteiger partial charge in [-0.15, -0.1) is 0 Å². The topological polar surface area (TPSA) is 84.1 Å². The van der Waals surface area contributed by atoms with Crippen LogP contribution in [0.15, 0.2) is 12.3 Å². The first-order chi connectivity index (χ1) is 18.8. The van der Waals surface area contributed by atoms with E-state index in [0.29, 0.717) is 17.9 Å². The second kappa shape index (κ2) is 9.32. The molecule has 9 heteroatoms. The molecule has 0 unspecified atom stereocenters. The fourth-order valence-corrected chi connectivity index (χ4v) is 7.90. The number of amides is 1.